The number of para-hydroxylation sites is 1. The zero-order valence-corrected chi connectivity index (χ0v) is 11.1. The smallest absolute Gasteiger partial charge is 0.237 e. The number of nitrogens with one attached hydrogen (secondary N) is 2. The Bertz CT molecular complexity index is 564. The summed E-state index contributed by atoms with van der Waals surface area (Å²) in [6.45, 7) is 2.14. The van der Waals surface area contributed by atoms with Crippen LogP contribution in [0.1, 0.15) is 12.8 Å². The molecule has 2 heterocycles. The van der Waals surface area contributed by atoms with Crippen LogP contribution in [0.2, 0.25) is 0 Å². The largest absolute Gasteiger partial charge is 0.480 e. The molecule has 0 amide bonds. The van der Waals surface area contributed by atoms with E-state index in [0.717, 1.165) is 42.5 Å². The lowest BCUT2D eigenvalue weighted by atomic mass is 10.1. The van der Waals surface area contributed by atoms with Gasteiger partial charge in [-0.05, 0) is 38.1 Å². The van der Waals surface area contributed by atoms with Crippen molar-refractivity contribution in [2.45, 2.75) is 18.9 Å². The normalized spacial score (nSPS) is 16.5. The predicted octanol–water partition coefficient (Wildman–Crippen LogP) is 2.41. The van der Waals surface area contributed by atoms with Gasteiger partial charge in [0.15, 0.2) is 0 Å². The summed E-state index contributed by atoms with van der Waals surface area (Å²) in [5.74, 6) is 0.678. The minimum absolute atomic E-state index is 0.498. The number of nitrogens with zero attached hydrogens (tertiary/aromatic N) is 1. The lowest BCUT2D eigenvalue weighted by molar-refractivity contribution is 0.399. The zero-order chi connectivity index (χ0) is 13.1. The summed E-state index contributed by atoms with van der Waals surface area (Å²) in [5, 5.41) is 8.08. The van der Waals surface area contributed by atoms with Crippen molar-refractivity contribution >= 4 is 16.6 Å². The van der Waals surface area contributed by atoms with Crippen LogP contribution in [-0.4, -0.2) is 31.2 Å². The molecular weight excluding hydrogens is 238 g/mol. The Morgan fingerprint density at radius 3 is 2.84 bits per heavy atom. The monoisotopic (exact) mass is 257 g/mol. The van der Waals surface area contributed by atoms with Gasteiger partial charge in [0.25, 0.3) is 0 Å². The highest BCUT2D eigenvalue weighted by Gasteiger charge is 2.15. The molecule has 0 radical (unpaired) electrons. The maximum atomic E-state index is 5.41. The van der Waals surface area contributed by atoms with Crippen LogP contribution in [0.25, 0.3) is 10.9 Å². The minimum Gasteiger partial charge on any atom is -0.480 e. The van der Waals surface area contributed by atoms with Gasteiger partial charge in [-0.25, -0.2) is 4.98 Å². The summed E-state index contributed by atoms with van der Waals surface area (Å²) in [4.78, 5) is 4.56. The molecule has 0 spiro atoms. The summed E-state index contributed by atoms with van der Waals surface area (Å²) in [7, 11) is 1.67. The molecule has 4 heteroatoms. The number of pyridine rings is 1. The molecule has 1 aliphatic rings. The molecule has 4 nitrogen and oxygen atoms in total. The van der Waals surface area contributed by atoms with Gasteiger partial charge >= 0.3 is 0 Å². The molecule has 100 valence electrons. The number of rotatable bonds is 3. The topological polar surface area (TPSA) is 46.2 Å². The summed E-state index contributed by atoms with van der Waals surface area (Å²) < 4.78 is 5.41. The summed E-state index contributed by atoms with van der Waals surface area (Å²) in [6, 6.07) is 10.7. The highest BCUT2D eigenvalue weighted by atomic mass is 16.5. The van der Waals surface area contributed by atoms with Gasteiger partial charge in [0.05, 0.1) is 18.3 Å². The van der Waals surface area contributed by atoms with Gasteiger partial charge in [-0.2, -0.15) is 0 Å². The molecule has 2 N–H and O–H groups in total. The third-order valence-electron chi connectivity index (χ3n) is 3.58. The molecule has 0 unspecified atom stereocenters. The fourth-order valence-corrected chi connectivity index (χ4v) is 2.54. The Morgan fingerprint density at radius 1 is 1.26 bits per heavy atom. The molecule has 1 aromatic carbocycles. The van der Waals surface area contributed by atoms with E-state index in [1.165, 1.54) is 0 Å². The highest BCUT2D eigenvalue weighted by Crippen LogP contribution is 2.28. The Kier molecular flexibility index (Phi) is 3.51. The van der Waals surface area contributed by atoms with Crippen LogP contribution in [-0.2, 0) is 0 Å². The number of ether oxygens (including phenoxy) is 1. The van der Waals surface area contributed by atoms with Gasteiger partial charge in [-0.3, -0.25) is 0 Å². The number of fused-ring (bicyclic) bond motifs is 1. The van der Waals surface area contributed by atoms with Crippen LogP contribution < -0.4 is 15.4 Å². The average Bonchev–Trinajstić information content (AvgIpc) is 2.47. The molecule has 1 saturated heterocycles. The lowest BCUT2D eigenvalue weighted by Gasteiger charge is -2.25. The zero-order valence-electron chi connectivity index (χ0n) is 11.1. The van der Waals surface area contributed by atoms with Crippen LogP contribution in [0.4, 0.5) is 5.69 Å². The van der Waals surface area contributed by atoms with E-state index >= 15 is 0 Å². The van der Waals surface area contributed by atoms with E-state index in [0.29, 0.717) is 11.9 Å². The van der Waals surface area contributed by atoms with Gasteiger partial charge in [-0.15, -0.1) is 0 Å². The summed E-state index contributed by atoms with van der Waals surface area (Å²) in [6.07, 6.45) is 2.27. The first-order valence-electron chi connectivity index (χ1n) is 6.78. The maximum absolute atomic E-state index is 5.41. The standard InChI is InChI=1S/C15H19N3O/c1-19-15-14(17-12-6-8-16-9-7-12)10-11-4-2-3-5-13(11)18-15/h2-5,10,12,16-17H,6-9H2,1H3. The third kappa shape index (κ3) is 2.63. The van der Waals surface area contributed by atoms with E-state index in [-0.39, 0.29) is 0 Å². The first kappa shape index (κ1) is 12.2. The molecule has 0 saturated carbocycles. The number of piperidine rings is 1. The summed E-state index contributed by atoms with van der Waals surface area (Å²) >= 11 is 0. The van der Waals surface area contributed by atoms with E-state index in [4.69, 9.17) is 4.74 Å². The summed E-state index contributed by atoms with van der Waals surface area (Å²) in [5.41, 5.74) is 1.96. The predicted molar refractivity (Wildman–Crippen MR) is 77.8 cm³/mol. The van der Waals surface area contributed by atoms with E-state index in [9.17, 15) is 0 Å². The van der Waals surface area contributed by atoms with Gasteiger partial charge < -0.3 is 15.4 Å². The van der Waals surface area contributed by atoms with E-state index in [2.05, 4.69) is 27.8 Å². The Morgan fingerprint density at radius 2 is 2.05 bits per heavy atom. The second-order valence-corrected chi connectivity index (χ2v) is 4.91. The van der Waals surface area contributed by atoms with Crippen molar-refractivity contribution in [2.75, 3.05) is 25.5 Å². The molecule has 2 aromatic rings. The average molecular weight is 257 g/mol. The quantitative estimate of drug-likeness (QED) is 0.886. The van der Waals surface area contributed by atoms with Crippen molar-refractivity contribution in [3.8, 4) is 5.88 Å². The van der Waals surface area contributed by atoms with Crippen molar-refractivity contribution in [3.63, 3.8) is 0 Å². The third-order valence-corrected chi connectivity index (χ3v) is 3.58. The van der Waals surface area contributed by atoms with E-state index < -0.39 is 0 Å². The Labute approximate surface area is 113 Å². The number of anilines is 1. The first-order chi connectivity index (χ1) is 9.36. The fourth-order valence-electron chi connectivity index (χ4n) is 2.54. The number of methoxy groups -OCH3 is 1. The number of aromatic nitrogens is 1. The molecule has 1 aromatic heterocycles. The molecule has 0 atom stereocenters. The lowest BCUT2D eigenvalue weighted by Crippen LogP contribution is -2.35. The molecule has 1 aliphatic heterocycles. The SMILES string of the molecule is COc1nc2ccccc2cc1NC1CCNCC1. The van der Waals surface area contributed by atoms with Crippen molar-refractivity contribution in [3.05, 3.63) is 30.3 Å². The molecule has 3 rings (SSSR count). The van der Waals surface area contributed by atoms with Crippen molar-refractivity contribution in [1.82, 2.24) is 10.3 Å². The molecule has 1 fully saturated rings. The van der Waals surface area contributed by atoms with Crippen LogP contribution in [0, 0.1) is 0 Å². The first-order valence-corrected chi connectivity index (χ1v) is 6.78. The number of hydrogen-bond donors (Lipinski definition) is 2. The van der Waals surface area contributed by atoms with Gasteiger partial charge in [0.1, 0.15) is 0 Å². The van der Waals surface area contributed by atoms with Crippen molar-refractivity contribution in [2.24, 2.45) is 0 Å². The Balaban J connectivity index is 1.91. The number of hydrogen-bond acceptors (Lipinski definition) is 4. The van der Waals surface area contributed by atoms with Crippen molar-refractivity contribution < 1.29 is 4.74 Å². The number of benzene rings is 1. The van der Waals surface area contributed by atoms with Crippen molar-refractivity contribution in [1.29, 1.82) is 0 Å². The second kappa shape index (κ2) is 5.45. The second-order valence-electron chi connectivity index (χ2n) is 4.91. The van der Waals surface area contributed by atoms with Crippen LogP contribution >= 0.6 is 0 Å². The van der Waals surface area contributed by atoms with Crippen LogP contribution in [0.15, 0.2) is 30.3 Å². The molecule has 0 aliphatic carbocycles. The van der Waals surface area contributed by atoms with Gasteiger partial charge in [0.2, 0.25) is 5.88 Å². The van der Waals surface area contributed by atoms with E-state index in [1.807, 2.05) is 18.2 Å². The fraction of sp³-hybridized carbons (Fsp3) is 0.400. The molecule has 19 heavy (non-hydrogen) atoms. The molecule has 0 bridgehead atoms. The molecular formula is C15H19N3O. The maximum Gasteiger partial charge on any atom is 0.237 e. The van der Waals surface area contributed by atoms with Gasteiger partial charge in [0, 0.05) is 11.4 Å². The highest BCUT2D eigenvalue weighted by molar-refractivity contribution is 5.83. The van der Waals surface area contributed by atoms with Gasteiger partial charge in [-0.1, -0.05) is 18.2 Å². The van der Waals surface area contributed by atoms with Crippen LogP contribution in [0.3, 0.4) is 0 Å². The minimum atomic E-state index is 0.498. The Hall–Kier alpha value is -1.81. The van der Waals surface area contributed by atoms with E-state index in [1.54, 1.807) is 7.11 Å². The van der Waals surface area contributed by atoms with Crippen LogP contribution in [0.5, 0.6) is 5.88 Å².